The standard InChI is InChI=1S/C24H26N4OS/c1-27-10-12-28(13-11-27)23-14-20(8-9-25-23)17-2-4-18(5-3-17)21-16-30-24(26-21)15-22(29)19-6-7-19/h2-5,8-9,14,16,19H,6-7,10-13,15H2,1H3. The van der Waals surface area contributed by atoms with E-state index in [0.29, 0.717) is 18.1 Å². The molecular weight excluding hydrogens is 392 g/mol. The number of aromatic nitrogens is 2. The number of thiazole rings is 1. The van der Waals surface area contributed by atoms with Crippen molar-refractivity contribution in [2.45, 2.75) is 19.3 Å². The number of ketones is 1. The minimum Gasteiger partial charge on any atom is -0.354 e. The van der Waals surface area contributed by atoms with E-state index >= 15 is 0 Å². The molecule has 2 fully saturated rings. The number of likely N-dealkylation sites (N-methyl/N-ethyl adjacent to an activating group) is 1. The quantitative estimate of drug-likeness (QED) is 0.602. The fourth-order valence-corrected chi connectivity index (χ4v) is 4.68. The summed E-state index contributed by atoms with van der Waals surface area (Å²) in [4.78, 5) is 26.0. The monoisotopic (exact) mass is 418 g/mol. The predicted molar refractivity (Wildman–Crippen MR) is 122 cm³/mol. The molecule has 2 aromatic heterocycles. The van der Waals surface area contributed by atoms with Crippen molar-refractivity contribution in [3.05, 3.63) is 53.0 Å². The van der Waals surface area contributed by atoms with Crippen molar-refractivity contribution in [1.29, 1.82) is 0 Å². The van der Waals surface area contributed by atoms with Crippen molar-refractivity contribution >= 4 is 22.9 Å². The third-order valence-corrected chi connectivity index (χ3v) is 6.85. The van der Waals surface area contributed by atoms with Crippen LogP contribution < -0.4 is 4.90 Å². The van der Waals surface area contributed by atoms with Gasteiger partial charge in [-0.05, 0) is 43.1 Å². The number of Topliss-reactive ketones (excluding diaryl/α,β-unsaturated/α-hetero) is 1. The maximum atomic E-state index is 12.0. The summed E-state index contributed by atoms with van der Waals surface area (Å²) in [5.74, 6) is 1.70. The Labute approximate surface area is 181 Å². The molecule has 1 saturated heterocycles. The third-order valence-electron chi connectivity index (χ3n) is 6.00. The van der Waals surface area contributed by atoms with E-state index in [1.165, 1.54) is 11.1 Å². The number of carbonyl (C=O) groups is 1. The summed E-state index contributed by atoms with van der Waals surface area (Å²) in [6.45, 7) is 4.17. The highest BCUT2D eigenvalue weighted by Gasteiger charge is 2.29. The zero-order chi connectivity index (χ0) is 20.5. The molecule has 0 atom stereocenters. The Morgan fingerprint density at radius 2 is 1.77 bits per heavy atom. The number of rotatable bonds is 6. The van der Waals surface area contributed by atoms with Gasteiger partial charge in [0.1, 0.15) is 16.6 Å². The lowest BCUT2D eigenvalue weighted by Gasteiger charge is -2.33. The van der Waals surface area contributed by atoms with Crippen molar-refractivity contribution < 1.29 is 4.79 Å². The van der Waals surface area contributed by atoms with Crippen LogP contribution in [0.5, 0.6) is 0 Å². The van der Waals surface area contributed by atoms with Crippen molar-refractivity contribution in [2.24, 2.45) is 5.92 Å². The average molecular weight is 419 g/mol. The number of pyridine rings is 1. The van der Waals surface area contributed by atoms with Crippen LogP contribution in [0, 0.1) is 5.92 Å². The largest absolute Gasteiger partial charge is 0.354 e. The molecule has 2 aliphatic rings. The van der Waals surface area contributed by atoms with E-state index in [1.54, 1.807) is 11.3 Å². The van der Waals surface area contributed by atoms with E-state index in [1.807, 2.05) is 6.20 Å². The van der Waals surface area contributed by atoms with Crippen LogP contribution in [0.2, 0.25) is 0 Å². The van der Waals surface area contributed by atoms with Gasteiger partial charge in [-0.2, -0.15) is 0 Å². The van der Waals surface area contributed by atoms with Crippen LogP contribution in [-0.2, 0) is 11.2 Å². The second-order valence-electron chi connectivity index (χ2n) is 8.31. The molecule has 6 heteroatoms. The number of nitrogens with zero attached hydrogens (tertiary/aromatic N) is 4. The molecule has 1 aliphatic heterocycles. The lowest BCUT2D eigenvalue weighted by molar-refractivity contribution is -0.119. The first-order valence-electron chi connectivity index (χ1n) is 10.6. The highest BCUT2D eigenvalue weighted by molar-refractivity contribution is 7.10. The zero-order valence-electron chi connectivity index (χ0n) is 17.3. The Morgan fingerprint density at radius 3 is 2.50 bits per heavy atom. The van der Waals surface area contributed by atoms with Gasteiger partial charge >= 0.3 is 0 Å². The highest BCUT2D eigenvalue weighted by Crippen LogP contribution is 2.32. The van der Waals surface area contributed by atoms with Crippen LogP contribution in [0.4, 0.5) is 5.82 Å². The first kappa shape index (κ1) is 19.4. The maximum absolute atomic E-state index is 12.0. The number of hydrogen-bond donors (Lipinski definition) is 0. The van der Waals surface area contributed by atoms with E-state index in [-0.39, 0.29) is 0 Å². The van der Waals surface area contributed by atoms with Gasteiger partial charge < -0.3 is 9.80 Å². The molecule has 0 amide bonds. The zero-order valence-corrected chi connectivity index (χ0v) is 18.1. The predicted octanol–water partition coefficient (Wildman–Crippen LogP) is 4.15. The summed E-state index contributed by atoms with van der Waals surface area (Å²) in [5, 5.41) is 2.99. The van der Waals surface area contributed by atoms with E-state index < -0.39 is 0 Å². The second kappa shape index (κ2) is 8.28. The SMILES string of the molecule is CN1CCN(c2cc(-c3ccc(-c4csc(CC(=O)C5CC5)n4)cc3)ccn2)CC1. The van der Waals surface area contributed by atoms with Gasteiger partial charge in [-0.25, -0.2) is 9.97 Å². The van der Waals surface area contributed by atoms with Crippen molar-refractivity contribution in [2.75, 3.05) is 38.1 Å². The van der Waals surface area contributed by atoms with Gasteiger partial charge in [0, 0.05) is 49.2 Å². The Bertz CT molecular complexity index is 1030. The normalized spacial score (nSPS) is 17.3. The fourth-order valence-electron chi connectivity index (χ4n) is 3.86. The van der Waals surface area contributed by atoms with Gasteiger partial charge in [-0.3, -0.25) is 4.79 Å². The second-order valence-corrected chi connectivity index (χ2v) is 9.26. The van der Waals surface area contributed by atoms with E-state index in [2.05, 4.69) is 63.6 Å². The summed E-state index contributed by atoms with van der Waals surface area (Å²) in [5.41, 5.74) is 4.40. The van der Waals surface area contributed by atoms with E-state index in [4.69, 9.17) is 4.98 Å². The molecule has 1 aliphatic carbocycles. The van der Waals surface area contributed by atoms with E-state index in [9.17, 15) is 4.79 Å². The molecule has 30 heavy (non-hydrogen) atoms. The lowest BCUT2D eigenvalue weighted by atomic mass is 10.0. The Morgan fingerprint density at radius 1 is 1.03 bits per heavy atom. The molecule has 0 N–H and O–H groups in total. The Kier molecular flexibility index (Phi) is 5.35. The van der Waals surface area contributed by atoms with Gasteiger partial charge in [-0.1, -0.05) is 24.3 Å². The maximum Gasteiger partial charge on any atom is 0.142 e. The molecule has 0 unspecified atom stereocenters. The summed E-state index contributed by atoms with van der Waals surface area (Å²) < 4.78 is 0. The Balaban J connectivity index is 1.30. The molecule has 1 saturated carbocycles. The summed E-state index contributed by atoms with van der Waals surface area (Å²) in [7, 11) is 2.17. The molecule has 5 nitrogen and oxygen atoms in total. The van der Waals surface area contributed by atoms with Gasteiger partial charge in [-0.15, -0.1) is 11.3 Å². The smallest absolute Gasteiger partial charge is 0.142 e. The van der Waals surface area contributed by atoms with Crippen LogP contribution >= 0.6 is 11.3 Å². The summed E-state index contributed by atoms with van der Waals surface area (Å²) in [6.07, 6.45) is 4.51. The molecule has 5 rings (SSSR count). The highest BCUT2D eigenvalue weighted by atomic mass is 32.1. The molecule has 154 valence electrons. The lowest BCUT2D eigenvalue weighted by Crippen LogP contribution is -2.44. The first-order chi connectivity index (χ1) is 14.7. The minimum absolute atomic E-state index is 0.299. The van der Waals surface area contributed by atoms with Crippen LogP contribution in [0.3, 0.4) is 0 Å². The van der Waals surface area contributed by atoms with Gasteiger partial charge in [0.15, 0.2) is 0 Å². The summed E-state index contributed by atoms with van der Waals surface area (Å²) >= 11 is 1.59. The molecule has 3 heterocycles. The number of piperazine rings is 1. The first-order valence-corrected chi connectivity index (χ1v) is 11.5. The topological polar surface area (TPSA) is 49.3 Å². The van der Waals surface area contributed by atoms with Crippen LogP contribution in [0.1, 0.15) is 17.8 Å². The van der Waals surface area contributed by atoms with Crippen LogP contribution in [0.15, 0.2) is 48.0 Å². The van der Waals surface area contributed by atoms with Gasteiger partial charge in [0.2, 0.25) is 0 Å². The molecule has 3 aromatic rings. The number of carbonyl (C=O) groups excluding carboxylic acids is 1. The number of anilines is 1. The van der Waals surface area contributed by atoms with Gasteiger partial charge in [0.05, 0.1) is 12.1 Å². The molecule has 0 bridgehead atoms. The summed E-state index contributed by atoms with van der Waals surface area (Å²) in [6, 6.07) is 12.8. The molecular formula is C24H26N4OS. The van der Waals surface area contributed by atoms with Crippen molar-refractivity contribution in [3.8, 4) is 22.4 Å². The van der Waals surface area contributed by atoms with Crippen LogP contribution in [0.25, 0.3) is 22.4 Å². The molecule has 0 radical (unpaired) electrons. The van der Waals surface area contributed by atoms with Crippen molar-refractivity contribution in [1.82, 2.24) is 14.9 Å². The third kappa shape index (κ3) is 4.30. The van der Waals surface area contributed by atoms with Gasteiger partial charge in [0.25, 0.3) is 0 Å². The number of benzene rings is 1. The van der Waals surface area contributed by atoms with Crippen molar-refractivity contribution in [3.63, 3.8) is 0 Å². The minimum atomic E-state index is 0.299. The van der Waals surface area contributed by atoms with Crippen LogP contribution in [-0.4, -0.2) is 53.9 Å². The Hall–Kier alpha value is -2.57. The molecule has 0 spiro atoms. The average Bonchev–Trinajstić information content (AvgIpc) is 3.54. The molecule has 1 aromatic carbocycles. The van der Waals surface area contributed by atoms with E-state index in [0.717, 1.165) is 61.1 Å². The number of hydrogen-bond acceptors (Lipinski definition) is 6. The fraction of sp³-hybridized carbons (Fsp3) is 0.375.